The van der Waals surface area contributed by atoms with Gasteiger partial charge in [0.05, 0.1) is 0 Å². The van der Waals surface area contributed by atoms with Gasteiger partial charge in [0.15, 0.2) is 0 Å². The second-order valence-corrected chi connectivity index (χ2v) is 4.08. The zero-order chi connectivity index (χ0) is 10.8. The Balaban J connectivity index is 0.00000128. The molecule has 0 aromatic heterocycles. The first-order chi connectivity index (χ1) is 7.16. The van der Waals surface area contributed by atoms with Crippen LogP contribution >= 0.6 is 24.8 Å². The molecule has 1 aliphatic heterocycles. The standard InChI is InChI=1S/C12H17N3.2ClH/c1-8-7-11(9(2)6-10(8)13)15-12-4-3-5-14-12;;/h6-7H,3-5,13H2,1-2H3,(H,14,15);2*1H. The first kappa shape index (κ1) is 16.1. The highest BCUT2D eigenvalue weighted by Gasteiger charge is 2.08. The molecule has 2 rings (SSSR count). The van der Waals surface area contributed by atoms with Gasteiger partial charge in [-0.1, -0.05) is 0 Å². The van der Waals surface area contributed by atoms with Crippen LogP contribution in [0, 0.1) is 13.8 Å². The first-order valence-corrected chi connectivity index (χ1v) is 5.34. The lowest BCUT2D eigenvalue weighted by molar-refractivity contribution is 0.951. The maximum atomic E-state index is 5.84. The zero-order valence-corrected chi connectivity index (χ0v) is 11.8. The number of nitrogens with two attached hydrogens (primary N) is 1. The van der Waals surface area contributed by atoms with Gasteiger partial charge in [-0.25, -0.2) is 0 Å². The molecule has 0 saturated heterocycles. The number of nitrogens with zero attached hydrogens (tertiary/aromatic N) is 1. The van der Waals surface area contributed by atoms with E-state index in [9.17, 15) is 0 Å². The van der Waals surface area contributed by atoms with Crippen molar-refractivity contribution in [2.24, 2.45) is 4.99 Å². The Morgan fingerprint density at radius 1 is 1.18 bits per heavy atom. The maximum absolute atomic E-state index is 5.84. The normalized spacial score (nSPS) is 13.4. The summed E-state index contributed by atoms with van der Waals surface area (Å²) in [7, 11) is 0. The average Bonchev–Trinajstić information content (AvgIpc) is 2.67. The van der Waals surface area contributed by atoms with Crippen molar-refractivity contribution < 1.29 is 0 Å². The highest BCUT2D eigenvalue weighted by molar-refractivity contribution is 5.97. The van der Waals surface area contributed by atoms with Gasteiger partial charge in [0, 0.05) is 24.3 Å². The second-order valence-electron chi connectivity index (χ2n) is 4.08. The van der Waals surface area contributed by atoms with Crippen molar-refractivity contribution in [1.82, 2.24) is 0 Å². The largest absolute Gasteiger partial charge is 0.399 e. The Kier molecular flexibility index (Phi) is 6.35. The predicted molar refractivity (Wildman–Crippen MR) is 80.0 cm³/mol. The molecule has 17 heavy (non-hydrogen) atoms. The van der Waals surface area contributed by atoms with E-state index in [-0.39, 0.29) is 24.8 Å². The number of anilines is 2. The van der Waals surface area contributed by atoms with Crippen LogP contribution in [0.1, 0.15) is 24.0 Å². The molecule has 1 aliphatic rings. The summed E-state index contributed by atoms with van der Waals surface area (Å²) in [4.78, 5) is 4.40. The van der Waals surface area contributed by atoms with Gasteiger partial charge in [-0.05, 0) is 43.5 Å². The van der Waals surface area contributed by atoms with Crippen LogP contribution in [0.15, 0.2) is 17.1 Å². The fraction of sp³-hybridized carbons (Fsp3) is 0.417. The van der Waals surface area contributed by atoms with E-state index in [1.54, 1.807) is 0 Å². The smallest absolute Gasteiger partial charge is 0.101 e. The summed E-state index contributed by atoms with van der Waals surface area (Å²) in [6.07, 6.45) is 2.22. The van der Waals surface area contributed by atoms with Crippen LogP contribution < -0.4 is 11.1 Å². The van der Waals surface area contributed by atoms with Gasteiger partial charge in [0.25, 0.3) is 0 Å². The number of hydrogen-bond donors (Lipinski definition) is 2. The summed E-state index contributed by atoms with van der Waals surface area (Å²) >= 11 is 0. The number of halogens is 2. The summed E-state index contributed by atoms with van der Waals surface area (Å²) < 4.78 is 0. The molecule has 1 aromatic carbocycles. The molecule has 0 bridgehead atoms. The number of aryl methyl sites for hydroxylation is 2. The molecule has 0 radical (unpaired) electrons. The minimum Gasteiger partial charge on any atom is -0.399 e. The molecule has 0 aliphatic carbocycles. The lowest BCUT2D eigenvalue weighted by Crippen LogP contribution is -2.10. The SMILES string of the molecule is Cc1cc(NC2=NCCC2)c(C)cc1N.Cl.Cl. The molecule has 0 fully saturated rings. The highest BCUT2D eigenvalue weighted by Crippen LogP contribution is 2.23. The van der Waals surface area contributed by atoms with Gasteiger partial charge >= 0.3 is 0 Å². The van der Waals surface area contributed by atoms with Crippen LogP contribution in [0.2, 0.25) is 0 Å². The lowest BCUT2D eigenvalue weighted by atomic mass is 10.1. The molecule has 1 aromatic rings. The van der Waals surface area contributed by atoms with Crippen molar-refractivity contribution in [3.8, 4) is 0 Å². The number of nitrogens with one attached hydrogen (secondary N) is 1. The molecule has 0 unspecified atom stereocenters. The van der Waals surface area contributed by atoms with Crippen molar-refractivity contribution in [2.75, 3.05) is 17.6 Å². The van der Waals surface area contributed by atoms with E-state index in [2.05, 4.69) is 23.3 Å². The third-order valence-corrected chi connectivity index (χ3v) is 2.77. The molecule has 0 atom stereocenters. The van der Waals surface area contributed by atoms with E-state index in [1.165, 1.54) is 5.56 Å². The van der Waals surface area contributed by atoms with Crippen molar-refractivity contribution in [1.29, 1.82) is 0 Å². The Bertz CT molecular complexity index is 416. The monoisotopic (exact) mass is 275 g/mol. The molecule has 1 heterocycles. The summed E-state index contributed by atoms with van der Waals surface area (Å²) in [5.74, 6) is 1.10. The Hall–Kier alpha value is -0.930. The molecule has 3 nitrogen and oxygen atoms in total. The fourth-order valence-electron chi connectivity index (χ4n) is 1.77. The summed E-state index contributed by atoms with van der Waals surface area (Å²) in [5.41, 5.74) is 10.1. The average molecular weight is 276 g/mol. The molecule has 0 amide bonds. The van der Waals surface area contributed by atoms with Crippen LogP contribution in [0.25, 0.3) is 0 Å². The fourth-order valence-corrected chi connectivity index (χ4v) is 1.77. The van der Waals surface area contributed by atoms with Gasteiger partial charge in [-0.15, -0.1) is 24.8 Å². The molecular formula is C12H19Cl2N3. The van der Waals surface area contributed by atoms with E-state index < -0.39 is 0 Å². The van der Waals surface area contributed by atoms with Gasteiger partial charge in [-0.2, -0.15) is 0 Å². The Morgan fingerprint density at radius 2 is 1.88 bits per heavy atom. The van der Waals surface area contributed by atoms with Crippen LogP contribution in [0.3, 0.4) is 0 Å². The first-order valence-electron chi connectivity index (χ1n) is 5.34. The number of amidine groups is 1. The third-order valence-electron chi connectivity index (χ3n) is 2.77. The summed E-state index contributed by atoms with van der Waals surface area (Å²) in [6, 6.07) is 4.10. The molecule has 3 N–H and O–H groups in total. The quantitative estimate of drug-likeness (QED) is 0.773. The lowest BCUT2D eigenvalue weighted by Gasteiger charge is -2.11. The number of rotatable bonds is 1. The van der Waals surface area contributed by atoms with E-state index >= 15 is 0 Å². The van der Waals surface area contributed by atoms with Crippen LogP contribution in [0.5, 0.6) is 0 Å². The minimum absolute atomic E-state index is 0. The van der Waals surface area contributed by atoms with Gasteiger partial charge < -0.3 is 11.1 Å². The maximum Gasteiger partial charge on any atom is 0.101 e. The molecule has 96 valence electrons. The number of aliphatic imine (C=N–C) groups is 1. The molecule has 0 saturated carbocycles. The molecular weight excluding hydrogens is 257 g/mol. The molecule has 5 heteroatoms. The van der Waals surface area contributed by atoms with E-state index in [0.717, 1.165) is 42.2 Å². The second kappa shape index (κ2) is 6.72. The van der Waals surface area contributed by atoms with Crippen LogP contribution in [0.4, 0.5) is 11.4 Å². The third kappa shape index (κ3) is 3.79. The van der Waals surface area contributed by atoms with Crippen molar-refractivity contribution >= 4 is 42.0 Å². The van der Waals surface area contributed by atoms with Gasteiger partial charge in [0.1, 0.15) is 5.84 Å². The number of hydrogen-bond acceptors (Lipinski definition) is 3. The van der Waals surface area contributed by atoms with E-state index in [1.807, 2.05) is 13.0 Å². The van der Waals surface area contributed by atoms with Crippen molar-refractivity contribution in [3.63, 3.8) is 0 Å². The minimum atomic E-state index is 0. The van der Waals surface area contributed by atoms with E-state index in [0.29, 0.717) is 0 Å². The number of nitrogen functional groups attached to an aromatic ring is 1. The van der Waals surface area contributed by atoms with Gasteiger partial charge in [-0.3, -0.25) is 4.99 Å². The summed E-state index contributed by atoms with van der Waals surface area (Å²) in [6.45, 7) is 5.04. The van der Waals surface area contributed by atoms with Crippen molar-refractivity contribution in [3.05, 3.63) is 23.3 Å². The van der Waals surface area contributed by atoms with Crippen LogP contribution in [-0.4, -0.2) is 12.4 Å². The number of benzene rings is 1. The van der Waals surface area contributed by atoms with Crippen LogP contribution in [-0.2, 0) is 0 Å². The summed E-state index contributed by atoms with van der Waals surface area (Å²) in [5, 5.41) is 3.37. The topological polar surface area (TPSA) is 50.4 Å². The Labute approximate surface area is 115 Å². The predicted octanol–water partition coefficient (Wildman–Crippen LogP) is 3.33. The van der Waals surface area contributed by atoms with Crippen molar-refractivity contribution in [2.45, 2.75) is 26.7 Å². The highest BCUT2D eigenvalue weighted by atomic mass is 35.5. The van der Waals surface area contributed by atoms with E-state index in [4.69, 9.17) is 5.73 Å². The Morgan fingerprint density at radius 3 is 2.47 bits per heavy atom. The molecule has 0 spiro atoms. The zero-order valence-electron chi connectivity index (χ0n) is 10.1. The van der Waals surface area contributed by atoms with Gasteiger partial charge in [0.2, 0.25) is 0 Å².